The average Bonchev–Trinajstić information content (AvgIpc) is 2.75. The minimum atomic E-state index is 0.352. The molecule has 2 heterocycles. The third-order valence-corrected chi connectivity index (χ3v) is 2.56. The van der Waals surface area contributed by atoms with Gasteiger partial charge in [0, 0.05) is 5.56 Å². The zero-order chi connectivity index (χ0) is 11.0. The number of hydrogen-bond donors (Lipinski definition) is 0. The molecular formula is C11H6ClN3O. The van der Waals surface area contributed by atoms with E-state index in [-0.39, 0.29) is 0 Å². The SMILES string of the molecule is Clc1ncnc2onc(-c3ccccc3)c12. The molecule has 78 valence electrons. The van der Waals surface area contributed by atoms with Crippen LogP contribution in [0.25, 0.3) is 22.4 Å². The van der Waals surface area contributed by atoms with Crippen molar-refractivity contribution >= 4 is 22.7 Å². The summed E-state index contributed by atoms with van der Waals surface area (Å²) in [5, 5.41) is 4.96. The first-order chi connectivity index (χ1) is 7.86. The van der Waals surface area contributed by atoms with Crippen molar-refractivity contribution in [2.45, 2.75) is 0 Å². The summed E-state index contributed by atoms with van der Waals surface area (Å²) in [6, 6.07) is 9.65. The van der Waals surface area contributed by atoms with Crippen LogP contribution in [0.5, 0.6) is 0 Å². The second-order valence-electron chi connectivity index (χ2n) is 3.24. The van der Waals surface area contributed by atoms with E-state index in [1.54, 1.807) is 0 Å². The molecule has 0 spiro atoms. The molecule has 0 atom stereocenters. The molecule has 0 unspecified atom stereocenters. The lowest BCUT2D eigenvalue weighted by atomic mass is 10.1. The van der Waals surface area contributed by atoms with Crippen molar-refractivity contribution in [2.24, 2.45) is 0 Å². The van der Waals surface area contributed by atoms with Gasteiger partial charge in [-0.1, -0.05) is 47.1 Å². The van der Waals surface area contributed by atoms with E-state index in [0.29, 0.717) is 21.9 Å². The normalized spacial score (nSPS) is 10.8. The van der Waals surface area contributed by atoms with E-state index < -0.39 is 0 Å². The smallest absolute Gasteiger partial charge is 0.262 e. The third kappa shape index (κ3) is 1.35. The minimum absolute atomic E-state index is 0.352. The summed E-state index contributed by atoms with van der Waals surface area (Å²) in [5.41, 5.74) is 2.00. The predicted molar refractivity (Wildman–Crippen MR) is 60.0 cm³/mol. The van der Waals surface area contributed by atoms with Crippen molar-refractivity contribution in [1.82, 2.24) is 15.1 Å². The molecule has 0 bridgehead atoms. The first kappa shape index (κ1) is 9.30. The zero-order valence-corrected chi connectivity index (χ0v) is 8.85. The number of nitrogens with zero attached hydrogens (tertiary/aromatic N) is 3. The molecule has 0 fully saturated rings. The van der Waals surface area contributed by atoms with Crippen LogP contribution >= 0.6 is 11.6 Å². The Labute approximate surface area is 95.9 Å². The fourth-order valence-electron chi connectivity index (χ4n) is 1.55. The van der Waals surface area contributed by atoms with Gasteiger partial charge in [-0.25, -0.2) is 4.98 Å². The molecule has 1 aromatic carbocycles. The number of halogens is 1. The van der Waals surface area contributed by atoms with Gasteiger partial charge in [-0.3, -0.25) is 0 Å². The van der Waals surface area contributed by atoms with E-state index in [9.17, 15) is 0 Å². The molecule has 0 N–H and O–H groups in total. The van der Waals surface area contributed by atoms with Crippen molar-refractivity contribution in [2.75, 3.05) is 0 Å². The van der Waals surface area contributed by atoms with Crippen LogP contribution in [0.2, 0.25) is 5.15 Å². The Morgan fingerprint density at radius 3 is 2.69 bits per heavy atom. The maximum atomic E-state index is 6.00. The van der Waals surface area contributed by atoms with Crippen molar-refractivity contribution in [1.29, 1.82) is 0 Å². The topological polar surface area (TPSA) is 51.8 Å². The highest BCUT2D eigenvalue weighted by molar-refractivity contribution is 6.34. The highest BCUT2D eigenvalue weighted by Gasteiger charge is 2.14. The summed E-state index contributed by atoms with van der Waals surface area (Å²) in [6.45, 7) is 0. The monoisotopic (exact) mass is 231 g/mol. The zero-order valence-electron chi connectivity index (χ0n) is 8.09. The molecule has 3 aromatic rings. The Morgan fingerprint density at radius 2 is 1.88 bits per heavy atom. The summed E-state index contributed by atoms with van der Waals surface area (Å²) in [5.74, 6) is 0. The van der Waals surface area contributed by atoms with Crippen LogP contribution in [0.1, 0.15) is 0 Å². The molecule has 0 aliphatic carbocycles. The first-order valence-electron chi connectivity index (χ1n) is 4.67. The summed E-state index contributed by atoms with van der Waals surface area (Å²) >= 11 is 6.00. The van der Waals surface area contributed by atoms with Crippen LogP contribution in [0.4, 0.5) is 0 Å². The fraction of sp³-hybridized carbons (Fsp3) is 0. The number of hydrogen-bond acceptors (Lipinski definition) is 4. The summed E-state index contributed by atoms with van der Waals surface area (Å²) < 4.78 is 5.10. The molecule has 0 saturated heterocycles. The Hall–Kier alpha value is -1.94. The molecule has 3 rings (SSSR count). The predicted octanol–water partition coefficient (Wildman–Crippen LogP) is 2.94. The average molecular weight is 232 g/mol. The number of fused-ring (bicyclic) bond motifs is 1. The molecule has 2 aromatic heterocycles. The van der Waals surface area contributed by atoms with Crippen LogP contribution in [-0.4, -0.2) is 15.1 Å². The van der Waals surface area contributed by atoms with Crippen molar-refractivity contribution in [3.05, 3.63) is 41.8 Å². The summed E-state index contributed by atoms with van der Waals surface area (Å²) in [7, 11) is 0. The van der Waals surface area contributed by atoms with Crippen LogP contribution in [-0.2, 0) is 0 Å². The van der Waals surface area contributed by atoms with Gasteiger partial charge < -0.3 is 4.52 Å². The van der Waals surface area contributed by atoms with Crippen LogP contribution < -0.4 is 0 Å². The molecule has 0 aliphatic rings. The second-order valence-corrected chi connectivity index (χ2v) is 3.60. The Bertz CT molecular complexity index is 636. The summed E-state index contributed by atoms with van der Waals surface area (Å²) in [4.78, 5) is 7.88. The molecule has 0 radical (unpaired) electrons. The molecule has 16 heavy (non-hydrogen) atoms. The van der Waals surface area contributed by atoms with Crippen LogP contribution in [0.3, 0.4) is 0 Å². The maximum absolute atomic E-state index is 6.00. The van der Waals surface area contributed by atoms with E-state index in [2.05, 4.69) is 15.1 Å². The first-order valence-corrected chi connectivity index (χ1v) is 5.05. The van der Waals surface area contributed by atoms with Crippen molar-refractivity contribution in [3.8, 4) is 11.3 Å². The van der Waals surface area contributed by atoms with Crippen molar-refractivity contribution in [3.63, 3.8) is 0 Å². The van der Waals surface area contributed by atoms with Gasteiger partial charge in [-0.15, -0.1) is 0 Å². The van der Waals surface area contributed by atoms with Crippen molar-refractivity contribution < 1.29 is 4.52 Å². The Balaban J connectivity index is 2.33. The quantitative estimate of drug-likeness (QED) is 0.604. The van der Waals surface area contributed by atoms with E-state index >= 15 is 0 Å². The van der Waals surface area contributed by atoms with Crippen LogP contribution in [0, 0.1) is 0 Å². The van der Waals surface area contributed by atoms with E-state index in [1.807, 2.05) is 30.3 Å². The van der Waals surface area contributed by atoms with Crippen LogP contribution in [0.15, 0.2) is 41.2 Å². The highest BCUT2D eigenvalue weighted by atomic mass is 35.5. The fourth-order valence-corrected chi connectivity index (χ4v) is 1.76. The van der Waals surface area contributed by atoms with E-state index in [0.717, 1.165) is 5.56 Å². The van der Waals surface area contributed by atoms with Gasteiger partial charge in [0.15, 0.2) is 0 Å². The number of aromatic nitrogens is 3. The molecule has 0 aliphatic heterocycles. The van der Waals surface area contributed by atoms with E-state index in [1.165, 1.54) is 6.33 Å². The number of rotatable bonds is 1. The lowest BCUT2D eigenvalue weighted by molar-refractivity contribution is 0.451. The van der Waals surface area contributed by atoms with E-state index in [4.69, 9.17) is 16.1 Å². The van der Waals surface area contributed by atoms with Gasteiger partial charge in [0.2, 0.25) is 0 Å². The molecule has 4 nitrogen and oxygen atoms in total. The largest absolute Gasteiger partial charge is 0.335 e. The van der Waals surface area contributed by atoms with Gasteiger partial charge >= 0.3 is 0 Å². The lowest BCUT2D eigenvalue weighted by Crippen LogP contribution is -1.82. The van der Waals surface area contributed by atoms with Gasteiger partial charge in [0.25, 0.3) is 5.71 Å². The number of benzene rings is 1. The molecule has 0 saturated carbocycles. The molecule has 0 amide bonds. The van der Waals surface area contributed by atoms with Gasteiger partial charge in [0.05, 0.1) is 0 Å². The standard InChI is InChI=1S/C11H6ClN3O/c12-10-8-9(7-4-2-1-3-5-7)15-16-11(8)14-6-13-10/h1-6H. The molecular weight excluding hydrogens is 226 g/mol. The van der Waals surface area contributed by atoms with Gasteiger partial charge in [0.1, 0.15) is 22.6 Å². The third-order valence-electron chi connectivity index (χ3n) is 2.27. The maximum Gasteiger partial charge on any atom is 0.262 e. The summed E-state index contributed by atoms with van der Waals surface area (Å²) in [6.07, 6.45) is 1.35. The van der Waals surface area contributed by atoms with Gasteiger partial charge in [-0.05, 0) is 0 Å². The molecule has 5 heteroatoms. The van der Waals surface area contributed by atoms with Gasteiger partial charge in [-0.2, -0.15) is 4.98 Å². The Kier molecular flexibility index (Phi) is 2.08. The second kappa shape index (κ2) is 3.57. The minimum Gasteiger partial charge on any atom is -0.335 e. The highest BCUT2D eigenvalue weighted by Crippen LogP contribution is 2.30. The Morgan fingerprint density at radius 1 is 1.06 bits per heavy atom. The lowest BCUT2D eigenvalue weighted by Gasteiger charge is -1.95.